The summed E-state index contributed by atoms with van der Waals surface area (Å²) in [5.74, 6) is 2.39. The van der Waals surface area contributed by atoms with Gasteiger partial charge in [0.1, 0.15) is 0 Å². The van der Waals surface area contributed by atoms with Gasteiger partial charge in [-0.2, -0.15) is 4.98 Å². The fraction of sp³-hybridized carbons (Fsp3) is 0.467. The van der Waals surface area contributed by atoms with Crippen LogP contribution in [0.1, 0.15) is 31.1 Å². The molecule has 0 unspecified atom stereocenters. The maximum absolute atomic E-state index is 5.68. The van der Waals surface area contributed by atoms with Gasteiger partial charge in [-0.05, 0) is 17.7 Å². The highest BCUT2D eigenvalue weighted by Gasteiger charge is 2.09. The molecule has 1 aromatic heterocycles. The number of benzene rings is 1. The molecule has 0 aliphatic carbocycles. The van der Waals surface area contributed by atoms with Crippen LogP contribution >= 0.6 is 0 Å². The third-order valence-electron chi connectivity index (χ3n) is 2.87. The standard InChI is InChI=1S/C15H21N3O3/c1-10(2)16-8-12-5-6-13(14(7-12)19-4)20-9-15-17-11(3)21-18-15/h5-7,10,16H,8-9H2,1-4H3. The van der Waals surface area contributed by atoms with E-state index in [0.717, 1.165) is 12.1 Å². The molecular weight excluding hydrogens is 270 g/mol. The molecule has 0 saturated heterocycles. The van der Waals surface area contributed by atoms with Crippen molar-refractivity contribution in [3.63, 3.8) is 0 Å². The first-order valence-electron chi connectivity index (χ1n) is 6.90. The molecule has 0 aliphatic rings. The summed E-state index contributed by atoms with van der Waals surface area (Å²) in [6.45, 7) is 7.01. The Morgan fingerprint density at radius 1 is 1.29 bits per heavy atom. The normalized spacial score (nSPS) is 10.9. The highest BCUT2D eigenvalue weighted by Crippen LogP contribution is 2.28. The van der Waals surface area contributed by atoms with Crippen molar-refractivity contribution in [1.29, 1.82) is 0 Å². The van der Waals surface area contributed by atoms with Gasteiger partial charge < -0.3 is 19.3 Å². The molecule has 2 rings (SSSR count). The van der Waals surface area contributed by atoms with Gasteiger partial charge in [-0.3, -0.25) is 0 Å². The van der Waals surface area contributed by atoms with Crippen molar-refractivity contribution in [3.05, 3.63) is 35.5 Å². The topological polar surface area (TPSA) is 69.4 Å². The van der Waals surface area contributed by atoms with Gasteiger partial charge in [0.2, 0.25) is 11.7 Å². The molecule has 0 bridgehead atoms. The lowest BCUT2D eigenvalue weighted by Gasteiger charge is -2.12. The Hall–Kier alpha value is -2.08. The van der Waals surface area contributed by atoms with Crippen LogP contribution in [0.5, 0.6) is 11.5 Å². The summed E-state index contributed by atoms with van der Waals surface area (Å²) < 4.78 is 15.9. The van der Waals surface area contributed by atoms with E-state index in [0.29, 0.717) is 29.3 Å². The molecule has 6 nitrogen and oxygen atoms in total. The van der Waals surface area contributed by atoms with Gasteiger partial charge in [-0.1, -0.05) is 25.1 Å². The molecule has 0 saturated carbocycles. The molecule has 1 aromatic carbocycles. The summed E-state index contributed by atoms with van der Waals surface area (Å²) in [6, 6.07) is 6.30. The third-order valence-corrected chi connectivity index (χ3v) is 2.87. The Bertz CT molecular complexity index is 581. The summed E-state index contributed by atoms with van der Waals surface area (Å²) in [7, 11) is 1.63. The second kappa shape index (κ2) is 7.08. The lowest BCUT2D eigenvalue weighted by atomic mass is 10.2. The average Bonchev–Trinajstić information content (AvgIpc) is 2.88. The number of rotatable bonds is 7. The second-order valence-electron chi connectivity index (χ2n) is 5.04. The molecule has 0 atom stereocenters. The summed E-state index contributed by atoms with van der Waals surface area (Å²) in [5, 5.41) is 7.16. The van der Waals surface area contributed by atoms with E-state index in [1.165, 1.54) is 0 Å². The molecule has 114 valence electrons. The summed E-state index contributed by atoms with van der Waals surface area (Å²) in [5.41, 5.74) is 1.14. The van der Waals surface area contributed by atoms with Crippen molar-refractivity contribution < 1.29 is 14.0 Å². The van der Waals surface area contributed by atoms with Crippen molar-refractivity contribution in [2.24, 2.45) is 0 Å². The SMILES string of the molecule is COc1cc(CNC(C)C)ccc1OCc1noc(C)n1. The van der Waals surface area contributed by atoms with Gasteiger partial charge in [0.25, 0.3) is 0 Å². The number of aromatic nitrogens is 2. The number of ether oxygens (including phenoxy) is 2. The number of nitrogens with zero attached hydrogens (tertiary/aromatic N) is 2. The van der Waals surface area contributed by atoms with Crippen LogP contribution in [0.3, 0.4) is 0 Å². The lowest BCUT2D eigenvalue weighted by Crippen LogP contribution is -2.21. The van der Waals surface area contributed by atoms with Crippen LogP contribution < -0.4 is 14.8 Å². The van der Waals surface area contributed by atoms with Gasteiger partial charge in [0, 0.05) is 19.5 Å². The van der Waals surface area contributed by atoms with Gasteiger partial charge in [-0.15, -0.1) is 0 Å². The number of aryl methyl sites for hydroxylation is 1. The van der Waals surface area contributed by atoms with E-state index in [4.69, 9.17) is 14.0 Å². The molecule has 0 radical (unpaired) electrons. The molecule has 0 spiro atoms. The first-order chi connectivity index (χ1) is 10.1. The van der Waals surface area contributed by atoms with Crippen LogP contribution in [0.25, 0.3) is 0 Å². The van der Waals surface area contributed by atoms with Crippen LogP contribution in [0, 0.1) is 6.92 Å². The minimum absolute atomic E-state index is 0.247. The van der Waals surface area contributed by atoms with Crippen LogP contribution in [0.15, 0.2) is 22.7 Å². The maximum atomic E-state index is 5.68. The first kappa shape index (κ1) is 15.3. The van der Waals surface area contributed by atoms with Crippen molar-refractivity contribution in [1.82, 2.24) is 15.5 Å². The van der Waals surface area contributed by atoms with E-state index in [2.05, 4.69) is 29.3 Å². The Morgan fingerprint density at radius 2 is 2.10 bits per heavy atom. The van der Waals surface area contributed by atoms with Gasteiger partial charge >= 0.3 is 0 Å². The zero-order chi connectivity index (χ0) is 15.2. The van der Waals surface area contributed by atoms with E-state index in [1.54, 1.807) is 14.0 Å². The Kier molecular flexibility index (Phi) is 5.16. The molecule has 0 fully saturated rings. The van der Waals surface area contributed by atoms with Crippen molar-refractivity contribution in [3.8, 4) is 11.5 Å². The van der Waals surface area contributed by atoms with Gasteiger partial charge in [0.05, 0.1) is 7.11 Å². The second-order valence-corrected chi connectivity index (χ2v) is 5.04. The average molecular weight is 291 g/mol. The van der Waals surface area contributed by atoms with E-state index in [1.807, 2.05) is 18.2 Å². The number of nitrogens with one attached hydrogen (secondary N) is 1. The van der Waals surface area contributed by atoms with E-state index in [-0.39, 0.29) is 6.61 Å². The molecule has 6 heteroatoms. The first-order valence-corrected chi connectivity index (χ1v) is 6.90. The van der Waals surface area contributed by atoms with E-state index < -0.39 is 0 Å². The van der Waals surface area contributed by atoms with E-state index >= 15 is 0 Å². The molecule has 0 amide bonds. The van der Waals surface area contributed by atoms with Gasteiger partial charge in [-0.25, -0.2) is 0 Å². The van der Waals surface area contributed by atoms with Crippen LogP contribution in [0.4, 0.5) is 0 Å². The predicted octanol–water partition coefficient (Wildman–Crippen LogP) is 2.46. The van der Waals surface area contributed by atoms with Crippen molar-refractivity contribution in [2.75, 3.05) is 7.11 Å². The largest absolute Gasteiger partial charge is 0.493 e. The number of hydrogen-bond donors (Lipinski definition) is 1. The van der Waals surface area contributed by atoms with Crippen molar-refractivity contribution >= 4 is 0 Å². The summed E-state index contributed by atoms with van der Waals surface area (Å²) in [6.07, 6.45) is 0. The monoisotopic (exact) mass is 291 g/mol. The summed E-state index contributed by atoms with van der Waals surface area (Å²) in [4.78, 5) is 4.09. The maximum Gasteiger partial charge on any atom is 0.223 e. The predicted molar refractivity (Wildman–Crippen MR) is 78.3 cm³/mol. The molecular formula is C15H21N3O3. The minimum atomic E-state index is 0.247. The molecule has 21 heavy (non-hydrogen) atoms. The van der Waals surface area contributed by atoms with Gasteiger partial charge in [0.15, 0.2) is 18.1 Å². The number of hydrogen-bond acceptors (Lipinski definition) is 6. The third kappa shape index (κ3) is 4.46. The van der Waals surface area contributed by atoms with Crippen LogP contribution in [0.2, 0.25) is 0 Å². The Labute approximate surface area is 124 Å². The van der Waals surface area contributed by atoms with Crippen molar-refractivity contribution in [2.45, 2.75) is 40.0 Å². The highest BCUT2D eigenvalue weighted by molar-refractivity contribution is 5.43. The zero-order valence-electron chi connectivity index (χ0n) is 12.8. The quantitative estimate of drug-likeness (QED) is 0.845. The lowest BCUT2D eigenvalue weighted by molar-refractivity contribution is 0.269. The zero-order valence-corrected chi connectivity index (χ0v) is 12.8. The molecule has 2 aromatic rings. The fourth-order valence-electron chi connectivity index (χ4n) is 1.81. The fourth-order valence-corrected chi connectivity index (χ4v) is 1.81. The van der Waals surface area contributed by atoms with Crippen LogP contribution in [-0.4, -0.2) is 23.3 Å². The summed E-state index contributed by atoms with van der Waals surface area (Å²) >= 11 is 0. The molecule has 0 aliphatic heterocycles. The van der Waals surface area contributed by atoms with E-state index in [9.17, 15) is 0 Å². The highest BCUT2D eigenvalue weighted by atomic mass is 16.5. The smallest absolute Gasteiger partial charge is 0.223 e. The minimum Gasteiger partial charge on any atom is -0.493 e. The molecule has 1 N–H and O–H groups in total. The Balaban J connectivity index is 2.01. The molecule has 1 heterocycles. The van der Waals surface area contributed by atoms with Crippen LogP contribution in [-0.2, 0) is 13.2 Å². The number of methoxy groups -OCH3 is 1. The Morgan fingerprint density at radius 3 is 2.71 bits per heavy atom.